The molecular formula is C31H31N3O7S. The second-order valence-electron chi connectivity index (χ2n) is 10.7. The van der Waals surface area contributed by atoms with Gasteiger partial charge in [0.15, 0.2) is 5.76 Å². The van der Waals surface area contributed by atoms with Crippen LogP contribution >= 0.6 is 0 Å². The number of aliphatic carboxylic acids is 1. The molecule has 0 saturated heterocycles. The van der Waals surface area contributed by atoms with Gasteiger partial charge in [-0.2, -0.15) is 0 Å². The van der Waals surface area contributed by atoms with Gasteiger partial charge in [0.25, 0.3) is 17.2 Å². The fourth-order valence-corrected chi connectivity index (χ4v) is 5.77. The Labute approximate surface area is 245 Å². The van der Waals surface area contributed by atoms with Crippen LogP contribution in [0.15, 0.2) is 71.1 Å². The lowest BCUT2D eigenvalue weighted by Crippen LogP contribution is -2.45. The van der Waals surface area contributed by atoms with Crippen molar-refractivity contribution >= 4 is 57.1 Å². The molecule has 2 unspecified atom stereocenters. The zero-order valence-corrected chi connectivity index (χ0v) is 24.1. The molecule has 2 amide bonds. The van der Waals surface area contributed by atoms with Gasteiger partial charge in [-0.15, -0.1) is 0 Å². The number of carbonyl (C=O) groups is 3. The molecule has 1 aromatic heterocycles. The number of furan rings is 1. The van der Waals surface area contributed by atoms with Gasteiger partial charge in [0, 0.05) is 22.6 Å². The van der Waals surface area contributed by atoms with Gasteiger partial charge in [0.2, 0.25) is 5.91 Å². The van der Waals surface area contributed by atoms with Crippen LogP contribution in [0.25, 0.3) is 22.1 Å². The van der Waals surface area contributed by atoms with E-state index in [9.17, 15) is 28.3 Å². The summed E-state index contributed by atoms with van der Waals surface area (Å²) < 4.78 is 28.7. The first-order chi connectivity index (χ1) is 20.0. The molecule has 1 heterocycles. The lowest BCUT2D eigenvalue weighted by Gasteiger charge is -2.29. The first kappa shape index (κ1) is 29.0. The molecule has 1 saturated carbocycles. The molecule has 3 aromatic carbocycles. The number of benzene rings is 3. The smallest absolute Gasteiger partial charge is 0.327 e. The lowest BCUT2D eigenvalue weighted by atomic mass is 10.0. The van der Waals surface area contributed by atoms with Crippen LogP contribution in [0.2, 0.25) is 0 Å². The van der Waals surface area contributed by atoms with Gasteiger partial charge < -0.3 is 20.2 Å². The normalized spacial score (nSPS) is 14.4. The van der Waals surface area contributed by atoms with E-state index in [4.69, 9.17) is 4.42 Å². The van der Waals surface area contributed by atoms with Crippen molar-refractivity contribution in [2.45, 2.75) is 39.7 Å². The number of anilines is 3. The van der Waals surface area contributed by atoms with Gasteiger partial charge >= 0.3 is 5.97 Å². The average Bonchev–Trinajstić information content (AvgIpc) is 3.75. The number of carboxylic acids is 1. The number of hydrogen-bond acceptors (Lipinski definition) is 5. The molecule has 1 aliphatic rings. The van der Waals surface area contributed by atoms with Gasteiger partial charge in [-0.3, -0.25) is 18.4 Å². The Morgan fingerprint density at radius 3 is 2.12 bits per heavy atom. The predicted octanol–water partition coefficient (Wildman–Crippen LogP) is 6.06. The first-order valence-corrected chi connectivity index (χ1v) is 14.6. The minimum absolute atomic E-state index is 0.0236. The Bertz CT molecular complexity index is 1680. The highest BCUT2D eigenvalue weighted by molar-refractivity contribution is 7.80. The number of carboxylic acid groups (broad SMARTS) is 1. The van der Waals surface area contributed by atoms with Crippen molar-refractivity contribution < 1.29 is 32.7 Å². The minimum Gasteiger partial charge on any atom is -0.480 e. The van der Waals surface area contributed by atoms with E-state index in [1.54, 1.807) is 75.4 Å². The second-order valence-corrected chi connectivity index (χ2v) is 11.5. The van der Waals surface area contributed by atoms with Crippen molar-refractivity contribution in [2.75, 3.05) is 14.9 Å². The van der Waals surface area contributed by atoms with Gasteiger partial charge in [0.1, 0.15) is 11.6 Å². The molecule has 5 rings (SSSR count). The molecule has 2 atom stereocenters. The summed E-state index contributed by atoms with van der Waals surface area (Å²) in [6.45, 7) is 5.14. The number of fused-ring (bicyclic) bond motifs is 1. The van der Waals surface area contributed by atoms with Crippen LogP contribution in [0.4, 0.5) is 17.1 Å². The van der Waals surface area contributed by atoms with E-state index in [0.717, 1.165) is 28.3 Å². The summed E-state index contributed by atoms with van der Waals surface area (Å²) >= 11 is -2.53. The second kappa shape index (κ2) is 11.8. The predicted molar refractivity (Wildman–Crippen MR) is 162 cm³/mol. The molecule has 0 radical (unpaired) electrons. The molecule has 4 N–H and O–H groups in total. The highest BCUT2D eigenvalue weighted by atomic mass is 32.2. The molecule has 0 bridgehead atoms. The maximum absolute atomic E-state index is 13.1. The molecular weight excluding hydrogens is 558 g/mol. The lowest BCUT2D eigenvalue weighted by molar-refractivity contribution is -0.139. The SMILES string of the molecule is Cc1c(C(=O)Nc2ccc(-c3ccc(N(C(C(=O)O)C(C)C)S(=O)O)cc3)cc2)oc2cccc(NC(=O)C3CC3)c12. The van der Waals surface area contributed by atoms with Crippen LogP contribution in [-0.2, 0) is 20.9 Å². The number of nitrogens with zero attached hydrogens (tertiary/aromatic N) is 1. The molecule has 4 aromatic rings. The number of amides is 2. The summed E-state index contributed by atoms with van der Waals surface area (Å²) in [5, 5.41) is 16.1. The minimum atomic E-state index is -2.53. The van der Waals surface area contributed by atoms with Crippen LogP contribution in [0, 0.1) is 18.8 Å². The van der Waals surface area contributed by atoms with Crippen molar-refractivity contribution in [3.63, 3.8) is 0 Å². The van der Waals surface area contributed by atoms with E-state index < -0.39 is 35.1 Å². The molecule has 11 heteroatoms. The Balaban J connectivity index is 1.31. The topological polar surface area (TPSA) is 149 Å². The molecule has 10 nitrogen and oxygen atoms in total. The number of rotatable bonds is 10. The third-order valence-corrected chi connectivity index (χ3v) is 8.04. The van der Waals surface area contributed by atoms with Crippen LogP contribution < -0.4 is 14.9 Å². The van der Waals surface area contributed by atoms with E-state index in [1.807, 2.05) is 12.1 Å². The van der Waals surface area contributed by atoms with E-state index >= 15 is 0 Å². The van der Waals surface area contributed by atoms with Crippen molar-refractivity contribution in [3.8, 4) is 11.1 Å². The first-order valence-electron chi connectivity index (χ1n) is 13.5. The molecule has 1 fully saturated rings. The van der Waals surface area contributed by atoms with Crippen LogP contribution in [0.1, 0.15) is 42.8 Å². The number of carbonyl (C=O) groups excluding carboxylic acids is 2. The third kappa shape index (κ3) is 5.93. The summed E-state index contributed by atoms with van der Waals surface area (Å²) in [6.07, 6.45) is 1.78. The van der Waals surface area contributed by atoms with Gasteiger partial charge in [-0.1, -0.05) is 44.2 Å². The van der Waals surface area contributed by atoms with E-state index in [1.165, 1.54) is 0 Å². The van der Waals surface area contributed by atoms with Gasteiger partial charge in [0.05, 0.1) is 11.4 Å². The average molecular weight is 590 g/mol. The summed E-state index contributed by atoms with van der Waals surface area (Å²) in [5.41, 5.74) is 4.24. The zero-order valence-electron chi connectivity index (χ0n) is 23.3. The fraction of sp³-hybridized carbons (Fsp3) is 0.258. The standard InChI is InChI=1S/C31H31N3O7S/c1-17(2)27(31(37)38)34(42(39)40)23-15-11-20(12-16-23)19-9-13-22(14-10-19)32-30(36)28-18(3)26-24(5-4-6-25(26)41-28)33-29(35)21-7-8-21/h4-6,9-17,21,27H,7-8H2,1-3H3,(H,32,36)(H,33,35)(H,37,38)(H,39,40). The largest absolute Gasteiger partial charge is 0.480 e. The third-order valence-electron chi connectivity index (χ3n) is 7.27. The van der Waals surface area contributed by atoms with Crippen LogP contribution in [0.3, 0.4) is 0 Å². The molecule has 0 spiro atoms. The van der Waals surface area contributed by atoms with E-state index in [0.29, 0.717) is 33.6 Å². The van der Waals surface area contributed by atoms with Crippen molar-refractivity contribution in [2.24, 2.45) is 11.8 Å². The number of nitrogens with one attached hydrogen (secondary N) is 2. The van der Waals surface area contributed by atoms with E-state index in [2.05, 4.69) is 10.6 Å². The van der Waals surface area contributed by atoms with Crippen molar-refractivity contribution in [3.05, 3.63) is 78.1 Å². The summed E-state index contributed by atoms with van der Waals surface area (Å²) in [6, 6.07) is 18.0. The summed E-state index contributed by atoms with van der Waals surface area (Å²) in [5.74, 6) is -1.83. The highest BCUT2D eigenvalue weighted by Gasteiger charge is 2.33. The van der Waals surface area contributed by atoms with Gasteiger partial charge in [-0.25, -0.2) is 9.00 Å². The molecule has 42 heavy (non-hydrogen) atoms. The summed E-state index contributed by atoms with van der Waals surface area (Å²) in [4.78, 5) is 37.2. The Morgan fingerprint density at radius 2 is 1.57 bits per heavy atom. The monoisotopic (exact) mass is 589 g/mol. The maximum Gasteiger partial charge on any atom is 0.327 e. The Kier molecular flexibility index (Phi) is 8.15. The molecule has 0 aliphatic heterocycles. The fourth-order valence-electron chi connectivity index (χ4n) is 4.94. The van der Waals surface area contributed by atoms with Crippen LogP contribution in [-0.4, -0.2) is 37.7 Å². The van der Waals surface area contributed by atoms with Crippen molar-refractivity contribution in [1.82, 2.24) is 0 Å². The molecule has 1 aliphatic carbocycles. The molecule has 218 valence electrons. The van der Waals surface area contributed by atoms with E-state index in [-0.39, 0.29) is 17.6 Å². The van der Waals surface area contributed by atoms with Crippen LogP contribution in [0.5, 0.6) is 0 Å². The quantitative estimate of drug-likeness (QED) is 0.164. The number of hydrogen-bond donors (Lipinski definition) is 4. The maximum atomic E-state index is 13.1. The Hall–Kier alpha value is -4.48. The zero-order chi connectivity index (χ0) is 30.1. The van der Waals surface area contributed by atoms with Gasteiger partial charge in [-0.05, 0) is 73.2 Å². The summed E-state index contributed by atoms with van der Waals surface area (Å²) in [7, 11) is 0. The Morgan fingerprint density at radius 1 is 0.952 bits per heavy atom. The highest BCUT2D eigenvalue weighted by Crippen LogP contribution is 2.35. The van der Waals surface area contributed by atoms with Crippen molar-refractivity contribution in [1.29, 1.82) is 0 Å². The number of aryl methyl sites for hydroxylation is 1.